The van der Waals surface area contributed by atoms with Gasteiger partial charge in [-0.2, -0.15) is 0 Å². The van der Waals surface area contributed by atoms with Gasteiger partial charge in [-0.3, -0.25) is 9.59 Å². The van der Waals surface area contributed by atoms with Crippen molar-refractivity contribution in [2.24, 2.45) is 35.0 Å². The Labute approximate surface area is 253 Å². The number of rotatable bonds is 5. The highest BCUT2D eigenvalue weighted by Gasteiger charge is 2.94. The topological polar surface area (TPSA) is 141 Å². The van der Waals surface area contributed by atoms with E-state index in [1.54, 1.807) is 60.6 Å². The quantitative estimate of drug-likeness (QED) is 0.274. The molecule has 10 nitrogen and oxygen atoms in total. The van der Waals surface area contributed by atoms with Gasteiger partial charge >= 0.3 is 11.9 Å². The lowest BCUT2D eigenvalue weighted by Crippen LogP contribution is -2.70. The van der Waals surface area contributed by atoms with Crippen molar-refractivity contribution >= 4 is 17.7 Å². The first-order valence-corrected chi connectivity index (χ1v) is 15.6. The third kappa shape index (κ3) is 3.56. The number of hydrogen-bond donors (Lipinski definition) is 2. The Morgan fingerprint density at radius 3 is 2.44 bits per heavy atom. The summed E-state index contributed by atoms with van der Waals surface area (Å²) < 4.78 is 31.5. The van der Waals surface area contributed by atoms with E-state index in [4.69, 9.17) is 23.7 Å². The van der Waals surface area contributed by atoms with Crippen LogP contribution in [0.5, 0.6) is 0 Å². The zero-order chi connectivity index (χ0) is 31.9. The van der Waals surface area contributed by atoms with Gasteiger partial charge < -0.3 is 33.9 Å². The largest absolute Gasteiger partial charge is 0.454 e. The van der Waals surface area contributed by atoms with Gasteiger partial charge in [-0.25, -0.2) is 4.79 Å². The van der Waals surface area contributed by atoms with Gasteiger partial charge in [-0.1, -0.05) is 46.8 Å². The molecule has 0 aromatic rings. The van der Waals surface area contributed by atoms with E-state index in [2.05, 4.69) is 0 Å². The minimum absolute atomic E-state index is 0.0450. The van der Waals surface area contributed by atoms with E-state index in [-0.39, 0.29) is 6.61 Å². The SMILES string of the molecule is C/C=C(\C)C(=O)O[C@@H]1[C@@H](C)[C@@]2(O)C([C@@H]3C(C)(C)[C@]13OC(=O)[C@@H](C)CC)[C@@H]1O[C@@]13COC(C)(C)O[C@H]3[C@]1(O)C(=O)C(C)=C[C@H]12. The zero-order valence-corrected chi connectivity index (χ0v) is 26.8. The van der Waals surface area contributed by atoms with Gasteiger partial charge in [-0.05, 0) is 46.6 Å². The molecule has 0 bridgehead atoms. The highest BCUT2D eigenvalue weighted by atomic mass is 16.8. The summed E-state index contributed by atoms with van der Waals surface area (Å²) in [5.74, 6) is -6.32. The molecule has 0 radical (unpaired) electrons. The van der Waals surface area contributed by atoms with Gasteiger partial charge in [-0.15, -0.1) is 0 Å². The van der Waals surface area contributed by atoms with Crippen LogP contribution < -0.4 is 0 Å². The van der Waals surface area contributed by atoms with Crippen LogP contribution >= 0.6 is 0 Å². The van der Waals surface area contributed by atoms with Gasteiger partial charge in [0.05, 0.1) is 24.2 Å². The van der Waals surface area contributed by atoms with E-state index in [9.17, 15) is 24.6 Å². The Bertz CT molecular complexity index is 1350. The molecule has 2 aliphatic heterocycles. The predicted octanol–water partition coefficient (Wildman–Crippen LogP) is 3.02. The smallest absolute Gasteiger partial charge is 0.333 e. The average Bonchev–Trinajstić information content (AvgIpc) is 3.76. The van der Waals surface area contributed by atoms with Crippen LogP contribution in [0.2, 0.25) is 0 Å². The molecule has 6 rings (SSSR count). The molecule has 0 aromatic heterocycles. The zero-order valence-electron chi connectivity index (χ0n) is 26.8. The van der Waals surface area contributed by atoms with Crippen molar-refractivity contribution in [3.8, 4) is 0 Å². The number of allylic oxidation sites excluding steroid dienone is 1. The van der Waals surface area contributed by atoms with Crippen LogP contribution in [0.25, 0.3) is 0 Å². The standard InChI is InChI=1S/C33H46O10/c1-11-15(3)25(35)40-23-18(6)31(37)19-13-17(5)22(34)32(19,38)27-30(14-39-29(9,10)43-27)24(41-30)20(31)21-28(7,8)33(21,23)42-26(36)16(4)12-2/h11,13,16,18-21,23-24,27,37-38H,12,14H2,1-10H3/b15-11+/t16-,18+,19-,20?,21+,23+,24-,27+,30-,31-,32+,33+/m0/s1. The number of hydrogen-bond acceptors (Lipinski definition) is 10. The number of aliphatic hydroxyl groups is 2. The molecular weight excluding hydrogens is 556 g/mol. The lowest BCUT2D eigenvalue weighted by atomic mass is 9.58. The Morgan fingerprint density at radius 2 is 1.84 bits per heavy atom. The normalized spacial score (nSPS) is 49.1. The van der Waals surface area contributed by atoms with E-state index in [0.29, 0.717) is 17.6 Å². The van der Waals surface area contributed by atoms with E-state index in [1.165, 1.54) is 0 Å². The predicted molar refractivity (Wildman–Crippen MR) is 152 cm³/mol. The first-order valence-electron chi connectivity index (χ1n) is 15.6. The van der Waals surface area contributed by atoms with Crippen LogP contribution in [0.15, 0.2) is 23.3 Å². The number of Topliss-reactive ketones (excluding diaryl/α,β-unsaturated/α-hetero) is 1. The second kappa shape index (κ2) is 9.00. The monoisotopic (exact) mass is 602 g/mol. The molecule has 5 fully saturated rings. The fraction of sp³-hybridized carbons (Fsp3) is 0.788. The van der Waals surface area contributed by atoms with Crippen LogP contribution in [0.4, 0.5) is 0 Å². The molecule has 6 aliphatic rings. The highest BCUT2D eigenvalue weighted by Crippen LogP contribution is 2.80. The molecule has 1 unspecified atom stereocenters. The molecule has 10 heteroatoms. The second-order valence-electron chi connectivity index (χ2n) is 14.9. The van der Waals surface area contributed by atoms with Crippen molar-refractivity contribution in [1.29, 1.82) is 0 Å². The number of fused-ring (bicyclic) bond motifs is 7. The molecule has 4 aliphatic carbocycles. The van der Waals surface area contributed by atoms with E-state index in [0.717, 1.165) is 0 Å². The minimum atomic E-state index is -2.17. The van der Waals surface area contributed by atoms with Gasteiger partial charge in [0.2, 0.25) is 0 Å². The van der Waals surface area contributed by atoms with Crippen LogP contribution in [0.3, 0.4) is 0 Å². The summed E-state index contributed by atoms with van der Waals surface area (Å²) in [6.07, 6.45) is 0.943. The molecule has 12 atom stereocenters. The molecule has 0 amide bonds. The van der Waals surface area contributed by atoms with E-state index in [1.807, 2.05) is 20.8 Å². The summed E-state index contributed by atoms with van der Waals surface area (Å²) >= 11 is 0. The number of epoxide rings is 1. The number of carbonyl (C=O) groups is 3. The fourth-order valence-electron chi connectivity index (χ4n) is 9.18. The van der Waals surface area contributed by atoms with Gasteiger partial charge in [0.1, 0.15) is 17.8 Å². The molecular formula is C33H46O10. The molecule has 1 spiro atoms. The maximum atomic E-state index is 13.9. The van der Waals surface area contributed by atoms with Gasteiger partial charge in [0, 0.05) is 34.7 Å². The Kier molecular flexibility index (Phi) is 6.46. The number of ketones is 1. The first-order chi connectivity index (χ1) is 19.8. The number of carbonyl (C=O) groups excluding carboxylic acids is 3. The summed E-state index contributed by atoms with van der Waals surface area (Å²) in [4.78, 5) is 40.8. The fourth-order valence-corrected chi connectivity index (χ4v) is 9.18. The maximum Gasteiger partial charge on any atom is 0.333 e. The van der Waals surface area contributed by atoms with Crippen molar-refractivity contribution in [2.45, 2.75) is 122 Å². The van der Waals surface area contributed by atoms with Gasteiger partial charge in [0.15, 0.2) is 22.8 Å². The van der Waals surface area contributed by atoms with Crippen LogP contribution in [-0.2, 0) is 38.1 Å². The van der Waals surface area contributed by atoms with Crippen molar-refractivity contribution in [1.82, 2.24) is 0 Å². The van der Waals surface area contributed by atoms with Crippen LogP contribution in [0, 0.1) is 35.0 Å². The third-order valence-corrected chi connectivity index (χ3v) is 12.0. The van der Waals surface area contributed by atoms with Gasteiger partial charge in [0.25, 0.3) is 0 Å². The van der Waals surface area contributed by atoms with Crippen molar-refractivity contribution < 1.29 is 48.3 Å². The van der Waals surface area contributed by atoms with Crippen molar-refractivity contribution in [3.63, 3.8) is 0 Å². The first kappa shape index (κ1) is 30.9. The number of ether oxygens (including phenoxy) is 5. The molecule has 0 aromatic carbocycles. The van der Waals surface area contributed by atoms with E-state index < -0.39 is 99.2 Å². The molecule has 2 heterocycles. The highest BCUT2D eigenvalue weighted by molar-refractivity contribution is 6.05. The van der Waals surface area contributed by atoms with Crippen LogP contribution in [-0.4, -0.2) is 81.0 Å². The van der Waals surface area contributed by atoms with Crippen molar-refractivity contribution in [3.05, 3.63) is 23.3 Å². The Morgan fingerprint density at radius 1 is 1.19 bits per heavy atom. The van der Waals surface area contributed by atoms with Crippen molar-refractivity contribution in [2.75, 3.05) is 6.61 Å². The number of esters is 2. The minimum Gasteiger partial charge on any atom is -0.454 e. The Balaban J connectivity index is 1.57. The average molecular weight is 603 g/mol. The summed E-state index contributed by atoms with van der Waals surface area (Å²) in [5, 5.41) is 25.8. The molecule has 43 heavy (non-hydrogen) atoms. The third-order valence-electron chi connectivity index (χ3n) is 12.0. The molecule has 238 valence electrons. The summed E-state index contributed by atoms with van der Waals surface area (Å²) in [5.41, 5.74) is -6.57. The summed E-state index contributed by atoms with van der Waals surface area (Å²) in [7, 11) is 0. The summed E-state index contributed by atoms with van der Waals surface area (Å²) in [6.45, 7) is 17.8. The molecule has 2 saturated heterocycles. The lowest BCUT2D eigenvalue weighted by molar-refractivity contribution is -0.329. The summed E-state index contributed by atoms with van der Waals surface area (Å²) in [6, 6.07) is 0. The van der Waals surface area contributed by atoms with E-state index >= 15 is 0 Å². The Hall–Kier alpha value is -2.11. The second-order valence-corrected chi connectivity index (χ2v) is 14.9. The molecule has 2 N–H and O–H groups in total. The maximum absolute atomic E-state index is 13.9. The lowest BCUT2D eigenvalue weighted by Gasteiger charge is -2.54. The van der Waals surface area contributed by atoms with Crippen LogP contribution in [0.1, 0.15) is 75.7 Å². The molecule has 3 saturated carbocycles.